The number of hydrogen-bond donors (Lipinski definition) is 1. The van der Waals surface area contributed by atoms with Crippen molar-refractivity contribution in [2.75, 3.05) is 13.2 Å². The number of aryl methyl sites for hydroxylation is 1. The summed E-state index contributed by atoms with van der Waals surface area (Å²) < 4.78 is 47.2. The second-order valence-electron chi connectivity index (χ2n) is 6.13. The van der Waals surface area contributed by atoms with Crippen LogP contribution in [0, 0.1) is 0 Å². The number of carbonyl (C=O) groups is 1. The minimum absolute atomic E-state index is 0.0645. The van der Waals surface area contributed by atoms with Crippen LogP contribution in [0.1, 0.15) is 17.9 Å². The zero-order valence-electron chi connectivity index (χ0n) is 15.3. The number of nitrogens with one attached hydrogen (secondary N) is 1. The van der Waals surface area contributed by atoms with Crippen molar-refractivity contribution in [3.63, 3.8) is 0 Å². The minimum atomic E-state index is -4.68. The van der Waals surface area contributed by atoms with E-state index in [1.165, 1.54) is 12.1 Å². The number of benzene rings is 2. The maximum absolute atomic E-state index is 12.5. The van der Waals surface area contributed by atoms with Crippen molar-refractivity contribution in [2.45, 2.75) is 19.0 Å². The van der Waals surface area contributed by atoms with E-state index in [1.807, 2.05) is 30.3 Å². The molecule has 0 aliphatic heterocycles. The molecule has 0 unspecified atom stereocenters. The Balaban J connectivity index is 1.40. The van der Waals surface area contributed by atoms with Gasteiger partial charge in [-0.2, -0.15) is 18.2 Å². The summed E-state index contributed by atoms with van der Waals surface area (Å²) in [5.41, 5.74) is 1.47. The lowest BCUT2D eigenvalue weighted by Gasteiger charge is -2.08. The number of ether oxygens (including phenoxy) is 1. The smallest absolute Gasteiger partial charge is 0.471 e. The van der Waals surface area contributed by atoms with Crippen molar-refractivity contribution in [1.82, 2.24) is 15.5 Å². The van der Waals surface area contributed by atoms with Gasteiger partial charge >= 0.3 is 12.1 Å². The molecule has 0 atom stereocenters. The van der Waals surface area contributed by atoms with Crippen LogP contribution in [-0.2, 0) is 17.4 Å². The molecule has 0 saturated carbocycles. The molecule has 1 aromatic heterocycles. The average molecular weight is 405 g/mol. The maximum Gasteiger partial charge on any atom is 0.471 e. The molecule has 29 heavy (non-hydrogen) atoms. The summed E-state index contributed by atoms with van der Waals surface area (Å²) in [4.78, 5) is 15.2. The summed E-state index contributed by atoms with van der Waals surface area (Å²) in [6, 6.07) is 15.9. The van der Waals surface area contributed by atoms with E-state index in [2.05, 4.69) is 20.0 Å². The summed E-state index contributed by atoms with van der Waals surface area (Å²) in [5, 5.41) is 6.10. The van der Waals surface area contributed by atoms with Crippen LogP contribution in [0.3, 0.4) is 0 Å². The Morgan fingerprint density at radius 1 is 1.07 bits per heavy atom. The Kier molecular flexibility index (Phi) is 6.48. The normalized spacial score (nSPS) is 11.3. The number of alkyl halides is 3. The predicted molar refractivity (Wildman–Crippen MR) is 98.0 cm³/mol. The fourth-order valence-electron chi connectivity index (χ4n) is 2.51. The summed E-state index contributed by atoms with van der Waals surface area (Å²) in [5.74, 6) is -1.11. The van der Waals surface area contributed by atoms with Crippen molar-refractivity contribution >= 4 is 5.91 Å². The van der Waals surface area contributed by atoms with Gasteiger partial charge in [0.1, 0.15) is 12.4 Å². The summed E-state index contributed by atoms with van der Waals surface area (Å²) in [7, 11) is 0. The van der Waals surface area contributed by atoms with Crippen LogP contribution in [0.5, 0.6) is 5.75 Å². The highest BCUT2D eigenvalue weighted by Crippen LogP contribution is 2.29. The first-order valence-corrected chi connectivity index (χ1v) is 8.86. The Bertz CT molecular complexity index is 925. The third kappa shape index (κ3) is 6.06. The van der Waals surface area contributed by atoms with Gasteiger partial charge in [0.05, 0.1) is 6.54 Å². The van der Waals surface area contributed by atoms with Crippen LogP contribution in [0.15, 0.2) is 59.1 Å². The SMILES string of the molecule is O=C(CCc1ccccc1)NCCOc1ccc(-c2noc(C(F)(F)F)n2)cc1. The van der Waals surface area contributed by atoms with E-state index in [9.17, 15) is 18.0 Å². The number of amides is 1. The first-order valence-electron chi connectivity index (χ1n) is 8.86. The van der Waals surface area contributed by atoms with Gasteiger partial charge in [-0.25, -0.2) is 0 Å². The van der Waals surface area contributed by atoms with Crippen LogP contribution >= 0.6 is 0 Å². The van der Waals surface area contributed by atoms with E-state index in [1.54, 1.807) is 12.1 Å². The molecule has 1 N–H and O–H groups in total. The molecule has 1 heterocycles. The lowest BCUT2D eigenvalue weighted by Crippen LogP contribution is -2.28. The number of aromatic nitrogens is 2. The van der Waals surface area contributed by atoms with Gasteiger partial charge in [-0.1, -0.05) is 35.5 Å². The molecular formula is C20H18F3N3O3. The highest BCUT2D eigenvalue weighted by molar-refractivity contribution is 5.76. The van der Waals surface area contributed by atoms with Gasteiger partial charge in [0.2, 0.25) is 11.7 Å². The van der Waals surface area contributed by atoms with E-state index >= 15 is 0 Å². The fourth-order valence-corrected chi connectivity index (χ4v) is 2.51. The van der Waals surface area contributed by atoms with Crippen LogP contribution in [0.25, 0.3) is 11.4 Å². The lowest BCUT2D eigenvalue weighted by molar-refractivity contribution is -0.159. The van der Waals surface area contributed by atoms with Crippen molar-refractivity contribution in [2.24, 2.45) is 0 Å². The van der Waals surface area contributed by atoms with E-state index in [4.69, 9.17) is 4.74 Å². The number of rotatable bonds is 8. The van der Waals surface area contributed by atoms with E-state index in [0.717, 1.165) is 5.56 Å². The number of carbonyl (C=O) groups excluding carboxylic acids is 1. The zero-order valence-corrected chi connectivity index (χ0v) is 15.3. The molecule has 9 heteroatoms. The number of halogens is 3. The van der Waals surface area contributed by atoms with Crippen molar-refractivity contribution in [1.29, 1.82) is 0 Å². The topological polar surface area (TPSA) is 77.2 Å². The third-order valence-electron chi connectivity index (χ3n) is 3.96. The molecule has 0 fully saturated rings. The van der Waals surface area contributed by atoms with Gasteiger partial charge in [0, 0.05) is 12.0 Å². The molecule has 0 spiro atoms. The van der Waals surface area contributed by atoms with Crippen LogP contribution in [0.2, 0.25) is 0 Å². The fraction of sp³-hybridized carbons (Fsp3) is 0.250. The molecule has 0 saturated heterocycles. The van der Waals surface area contributed by atoms with E-state index < -0.39 is 12.1 Å². The van der Waals surface area contributed by atoms with Crippen LogP contribution < -0.4 is 10.1 Å². The Hall–Kier alpha value is -3.36. The standard InChI is InChI=1S/C20H18F3N3O3/c21-20(22,23)19-25-18(26-29-19)15-7-9-16(10-8-15)28-13-12-24-17(27)11-6-14-4-2-1-3-5-14/h1-5,7-10H,6,11-13H2,(H,24,27). The number of hydrogen-bond acceptors (Lipinski definition) is 5. The molecule has 0 bridgehead atoms. The molecule has 152 valence electrons. The number of nitrogens with zero attached hydrogens (tertiary/aromatic N) is 2. The van der Waals surface area contributed by atoms with Crippen molar-refractivity contribution in [3.8, 4) is 17.1 Å². The molecule has 2 aromatic carbocycles. The Morgan fingerprint density at radius 2 is 1.79 bits per heavy atom. The molecule has 0 aliphatic carbocycles. The van der Waals surface area contributed by atoms with Gasteiger partial charge in [-0.05, 0) is 36.2 Å². The molecule has 6 nitrogen and oxygen atoms in total. The zero-order chi connectivity index (χ0) is 20.7. The summed E-state index contributed by atoms with van der Waals surface area (Å²) in [6.45, 7) is 0.603. The summed E-state index contributed by atoms with van der Waals surface area (Å²) in [6.07, 6.45) is -3.62. The quantitative estimate of drug-likeness (QED) is 0.576. The van der Waals surface area contributed by atoms with Crippen molar-refractivity contribution < 1.29 is 27.2 Å². The first-order chi connectivity index (χ1) is 13.9. The predicted octanol–water partition coefficient (Wildman–Crippen LogP) is 3.88. The van der Waals surface area contributed by atoms with E-state index in [-0.39, 0.29) is 18.3 Å². The van der Waals surface area contributed by atoms with Crippen LogP contribution in [-0.4, -0.2) is 29.2 Å². The Morgan fingerprint density at radius 3 is 2.45 bits per heavy atom. The van der Waals surface area contributed by atoms with Crippen molar-refractivity contribution in [3.05, 3.63) is 66.1 Å². The lowest BCUT2D eigenvalue weighted by atomic mass is 10.1. The van der Waals surface area contributed by atoms with Crippen LogP contribution in [0.4, 0.5) is 13.2 Å². The first kappa shape index (κ1) is 20.4. The largest absolute Gasteiger partial charge is 0.492 e. The molecule has 0 aliphatic rings. The molecular weight excluding hydrogens is 387 g/mol. The monoisotopic (exact) mass is 405 g/mol. The third-order valence-corrected chi connectivity index (χ3v) is 3.96. The molecule has 3 aromatic rings. The highest BCUT2D eigenvalue weighted by Gasteiger charge is 2.38. The maximum atomic E-state index is 12.5. The molecule has 1 amide bonds. The van der Waals surface area contributed by atoms with Gasteiger partial charge < -0.3 is 14.6 Å². The Labute approximate surface area is 164 Å². The minimum Gasteiger partial charge on any atom is -0.492 e. The van der Waals surface area contributed by atoms with Gasteiger partial charge in [0.25, 0.3) is 0 Å². The molecule has 0 radical (unpaired) electrons. The summed E-state index contributed by atoms with van der Waals surface area (Å²) >= 11 is 0. The average Bonchev–Trinajstić information content (AvgIpc) is 3.22. The molecule has 3 rings (SSSR count). The second-order valence-corrected chi connectivity index (χ2v) is 6.13. The van der Waals surface area contributed by atoms with Gasteiger partial charge in [-0.15, -0.1) is 0 Å². The highest BCUT2D eigenvalue weighted by atomic mass is 19.4. The van der Waals surface area contributed by atoms with E-state index in [0.29, 0.717) is 30.7 Å². The van der Waals surface area contributed by atoms with Gasteiger partial charge in [0.15, 0.2) is 0 Å². The second kappa shape index (κ2) is 9.22. The van der Waals surface area contributed by atoms with Gasteiger partial charge in [-0.3, -0.25) is 4.79 Å².